The van der Waals surface area contributed by atoms with E-state index >= 15 is 0 Å². The summed E-state index contributed by atoms with van der Waals surface area (Å²) in [5, 5.41) is 0. The molecule has 1 aliphatic rings. The second-order valence-electron chi connectivity index (χ2n) is 5.74. The molecule has 0 unspecified atom stereocenters. The van der Waals surface area contributed by atoms with Crippen LogP contribution in [-0.2, 0) is 16.1 Å². The van der Waals surface area contributed by atoms with Gasteiger partial charge < -0.3 is 18.9 Å². The highest BCUT2D eigenvalue weighted by Gasteiger charge is 2.10. The quantitative estimate of drug-likeness (QED) is 0.580. The molecule has 0 spiro atoms. The first-order valence-corrected chi connectivity index (χ1v) is 8.71. The summed E-state index contributed by atoms with van der Waals surface area (Å²) in [6.45, 7) is 3.93. The van der Waals surface area contributed by atoms with E-state index in [1.807, 2.05) is 49.4 Å². The smallest absolute Gasteiger partial charge is 0.331 e. The van der Waals surface area contributed by atoms with Crippen LogP contribution in [0.2, 0.25) is 0 Å². The third-order valence-corrected chi connectivity index (χ3v) is 3.83. The maximum Gasteiger partial charge on any atom is 0.331 e. The molecule has 3 rings (SSSR count). The van der Waals surface area contributed by atoms with Crippen molar-refractivity contribution in [1.29, 1.82) is 0 Å². The van der Waals surface area contributed by atoms with Crippen LogP contribution in [-0.4, -0.2) is 25.8 Å². The minimum absolute atomic E-state index is 0.167. The Morgan fingerprint density at radius 1 is 1.12 bits per heavy atom. The Morgan fingerprint density at radius 3 is 2.77 bits per heavy atom. The summed E-state index contributed by atoms with van der Waals surface area (Å²) in [4.78, 5) is 12.0. The van der Waals surface area contributed by atoms with Crippen molar-refractivity contribution in [2.45, 2.75) is 20.0 Å². The van der Waals surface area contributed by atoms with Gasteiger partial charge in [-0.3, -0.25) is 0 Å². The number of hydrogen-bond donors (Lipinski definition) is 0. The van der Waals surface area contributed by atoms with E-state index in [1.54, 1.807) is 6.08 Å². The zero-order chi connectivity index (χ0) is 18.2. The first-order chi connectivity index (χ1) is 12.8. The van der Waals surface area contributed by atoms with E-state index in [2.05, 4.69) is 0 Å². The number of para-hydroxylation sites is 1. The molecule has 1 aliphatic heterocycles. The van der Waals surface area contributed by atoms with Crippen molar-refractivity contribution in [3.8, 4) is 17.2 Å². The molecule has 0 amide bonds. The zero-order valence-electron chi connectivity index (χ0n) is 14.8. The third-order valence-electron chi connectivity index (χ3n) is 3.83. The lowest BCUT2D eigenvalue weighted by Gasteiger charge is -2.09. The van der Waals surface area contributed by atoms with Gasteiger partial charge in [0, 0.05) is 18.1 Å². The second kappa shape index (κ2) is 8.94. The van der Waals surface area contributed by atoms with Gasteiger partial charge in [-0.1, -0.05) is 24.3 Å². The molecule has 0 radical (unpaired) electrons. The summed E-state index contributed by atoms with van der Waals surface area (Å²) in [5.41, 5.74) is 1.69. The summed E-state index contributed by atoms with van der Waals surface area (Å²) < 4.78 is 22.1. The molecule has 0 bridgehead atoms. The summed E-state index contributed by atoms with van der Waals surface area (Å²) in [6, 6.07) is 13.1. The molecule has 0 aromatic heterocycles. The first kappa shape index (κ1) is 17.9. The van der Waals surface area contributed by atoms with E-state index in [9.17, 15) is 4.79 Å². The zero-order valence-corrected chi connectivity index (χ0v) is 14.8. The third kappa shape index (κ3) is 4.79. The van der Waals surface area contributed by atoms with Crippen LogP contribution >= 0.6 is 0 Å². The van der Waals surface area contributed by atoms with Gasteiger partial charge in [-0.05, 0) is 36.8 Å². The highest BCUT2D eigenvalue weighted by atomic mass is 16.5. The van der Waals surface area contributed by atoms with Crippen LogP contribution in [0.15, 0.2) is 48.5 Å². The number of carbonyl (C=O) groups is 1. The summed E-state index contributed by atoms with van der Waals surface area (Å²) in [7, 11) is 0. The van der Waals surface area contributed by atoms with Crippen LogP contribution in [0.5, 0.6) is 17.2 Å². The summed E-state index contributed by atoms with van der Waals surface area (Å²) in [5.74, 6) is 1.75. The van der Waals surface area contributed by atoms with Crippen LogP contribution in [0.3, 0.4) is 0 Å². The van der Waals surface area contributed by atoms with Gasteiger partial charge in [0.1, 0.15) is 12.4 Å². The first-order valence-electron chi connectivity index (χ1n) is 8.71. The molecule has 0 N–H and O–H groups in total. The predicted octanol–water partition coefficient (Wildman–Crippen LogP) is 4.00. The number of rotatable bonds is 6. The molecular formula is C21H22O5. The molecule has 2 aromatic rings. The second-order valence-corrected chi connectivity index (χ2v) is 5.74. The van der Waals surface area contributed by atoms with Crippen molar-refractivity contribution in [3.63, 3.8) is 0 Å². The average Bonchev–Trinajstić information content (AvgIpc) is 2.91. The van der Waals surface area contributed by atoms with Crippen molar-refractivity contribution in [2.75, 3.05) is 19.8 Å². The molecule has 2 aromatic carbocycles. The monoisotopic (exact) mass is 354 g/mol. The van der Waals surface area contributed by atoms with Gasteiger partial charge >= 0.3 is 5.97 Å². The Labute approximate surface area is 153 Å². The molecule has 1 heterocycles. The lowest BCUT2D eigenvalue weighted by atomic mass is 10.2. The standard InChI is InChI=1S/C21H22O5/c1-2-23-18-7-4-3-6-17(18)15-26-21(22)11-9-16-8-10-19-20(14-16)25-13-5-12-24-19/h3-4,6-11,14H,2,5,12-13,15H2,1H3/b11-9+. The van der Waals surface area contributed by atoms with Crippen LogP contribution in [0.1, 0.15) is 24.5 Å². The van der Waals surface area contributed by atoms with Crippen LogP contribution in [0.4, 0.5) is 0 Å². The SMILES string of the molecule is CCOc1ccccc1COC(=O)/C=C/c1ccc2c(c1)OCCCO2. The molecule has 5 heteroatoms. The lowest BCUT2D eigenvalue weighted by Crippen LogP contribution is -2.03. The van der Waals surface area contributed by atoms with E-state index in [0.717, 1.165) is 29.0 Å². The topological polar surface area (TPSA) is 54.0 Å². The highest BCUT2D eigenvalue weighted by Crippen LogP contribution is 2.30. The van der Waals surface area contributed by atoms with Gasteiger partial charge in [-0.15, -0.1) is 0 Å². The molecular weight excluding hydrogens is 332 g/mol. The molecule has 0 saturated carbocycles. The Balaban J connectivity index is 1.59. The minimum Gasteiger partial charge on any atom is -0.493 e. The van der Waals surface area contributed by atoms with E-state index in [0.29, 0.717) is 25.6 Å². The van der Waals surface area contributed by atoms with Crippen LogP contribution in [0, 0.1) is 0 Å². The molecule has 0 aliphatic carbocycles. The van der Waals surface area contributed by atoms with E-state index in [1.165, 1.54) is 6.08 Å². The normalized spacial score (nSPS) is 13.3. The molecule has 0 atom stereocenters. The fourth-order valence-electron chi connectivity index (χ4n) is 2.56. The van der Waals surface area contributed by atoms with Crippen molar-refractivity contribution in [1.82, 2.24) is 0 Å². The Hall–Kier alpha value is -2.95. The number of fused-ring (bicyclic) bond motifs is 1. The van der Waals surface area contributed by atoms with Gasteiger partial charge in [0.2, 0.25) is 0 Å². The van der Waals surface area contributed by atoms with Crippen molar-refractivity contribution in [2.24, 2.45) is 0 Å². The van der Waals surface area contributed by atoms with Crippen LogP contribution in [0.25, 0.3) is 6.08 Å². The molecule has 26 heavy (non-hydrogen) atoms. The van der Waals surface area contributed by atoms with E-state index < -0.39 is 5.97 Å². The predicted molar refractivity (Wildman–Crippen MR) is 98.5 cm³/mol. The molecule has 0 fully saturated rings. The molecule has 5 nitrogen and oxygen atoms in total. The van der Waals surface area contributed by atoms with E-state index in [-0.39, 0.29) is 6.61 Å². The van der Waals surface area contributed by atoms with Crippen LogP contribution < -0.4 is 14.2 Å². The number of esters is 1. The van der Waals surface area contributed by atoms with Gasteiger partial charge in [-0.25, -0.2) is 4.79 Å². The number of ether oxygens (including phenoxy) is 4. The Kier molecular flexibility index (Phi) is 6.14. The fourth-order valence-corrected chi connectivity index (χ4v) is 2.56. The Morgan fingerprint density at radius 2 is 1.92 bits per heavy atom. The summed E-state index contributed by atoms with van der Waals surface area (Å²) in [6.07, 6.45) is 3.96. The number of carbonyl (C=O) groups excluding carboxylic acids is 1. The summed E-state index contributed by atoms with van der Waals surface area (Å²) >= 11 is 0. The van der Waals surface area contributed by atoms with Crippen molar-refractivity contribution < 1.29 is 23.7 Å². The van der Waals surface area contributed by atoms with Gasteiger partial charge in [-0.2, -0.15) is 0 Å². The maximum absolute atomic E-state index is 12.0. The highest BCUT2D eigenvalue weighted by molar-refractivity contribution is 5.87. The number of hydrogen-bond acceptors (Lipinski definition) is 5. The molecule has 0 saturated heterocycles. The van der Waals surface area contributed by atoms with Gasteiger partial charge in [0.15, 0.2) is 11.5 Å². The van der Waals surface area contributed by atoms with Crippen molar-refractivity contribution >= 4 is 12.0 Å². The van der Waals surface area contributed by atoms with Crippen molar-refractivity contribution in [3.05, 3.63) is 59.7 Å². The van der Waals surface area contributed by atoms with E-state index in [4.69, 9.17) is 18.9 Å². The minimum atomic E-state index is -0.414. The molecule has 136 valence electrons. The maximum atomic E-state index is 12.0. The Bertz CT molecular complexity index is 782. The van der Waals surface area contributed by atoms with Gasteiger partial charge in [0.05, 0.1) is 19.8 Å². The average molecular weight is 354 g/mol. The van der Waals surface area contributed by atoms with Gasteiger partial charge in [0.25, 0.3) is 0 Å². The fraction of sp³-hybridized carbons (Fsp3) is 0.286. The number of benzene rings is 2. The largest absolute Gasteiger partial charge is 0.493 e. The lowest BCUT2D eigenvalue weighted by molar-refractivity contribution is -0.138.